The van der Waals surface area contributed by atoms with Gasteiger partial charge in [-0.3, -0.25) is 5.43 Å². The van der Waals surface area contributed by atoms with E-state index in [0.717, 1.165) is 11.3 Å². The lowest BCUT2D eigenvalue weighted by molar-refractivity contribution is -0.142. The van der Waals surface area contributed by atoms with E-state index in [1.165, 1.54) is 19.2 Å². The van der Waals surface area contributed by atoms with Gasteiger partial charge < -0.3 is 14.6 Å². The van der Waals surface area contributed by atoms with E-state index in [1.807, 2.05) is 19.1 Å². The van der Waals surface area contributed by atoms with Crippen LogP contribution in [0.3, 0.4) is 0 Å². The summed E-state index contributed by atoms with van der Waals surface area (Å²) >= 11 is 0. The van der Waals surface area contributed by atoms with Crippen LogP contribution in [-0.2, 0) is 9.53 Å². The molecule has 2 rings (SSSR count). The van der Waals surface area contributed by atoms with Gasteiger partial charge in [0.25, 0.3) is 0 Å². The number of aromatic carboxylic acids is 1. The van der Waals surface area contributed by atoms with E-state index in [4.69, 9.17) is 9.84 Å². The molecule has 2 N–H and O–H groups in total. The molecule has 0 atom stereocenters. The molecule has 0 aliphatic carbocycles. The Morgan fingerprint density at radius 1 is 1.04 bits per heavy atom. The second-order valence-electron chi connectivity index (χ2n) is 5.08. The molecule has 0 aliphatic rings. The maximum atomic E-state index is 11.0. The van der Waals surface area contributed by atoms with E-state index in [0.29, 0.717) is 11.4 Å². The maximum absolute atomic E-state index is 11.0. The summed E-state index contributed by atoms with van der Waals surface area (Å²) in [4.78, 5) is 21.8. The number of carboxylic acid groups (broad SMARTS) is 1. The van der Waals surface area contributed by atoms with Crippen LogP contribution in [0.4, 0.5) is 5.69 Å². The average molecular weight is 342 g/mol. The van der Waals surface area contributed by atoms with Gasteiger partial charge in [0.2, 0.25) is 0 Å². The predicted molar refractivity (Wildman–Crippen MR) is 93.2 cm³/mol. The molecule has 0 radical (unpaired) electrons. The van der Waals surface area contributed by atoms with E-state index in [1.54, 1.807) is 24.3 Å². The number of methoxy groups -OCH3 is 1. The molecular formula is C18H18N2O5. The third kappa shape index (κ3) is 5.35. The van der Waals surface area contributed by atoms with Gasteiger partial charge >= 0.3 is 11.9 Å². The number of ether oxygens (including phenoxy) is 2. The van der Waals surface area contributed by atoms with Crippen molar-refractivity contribution in [2.24, 2.45) is 5.10 Å². The third-order valence-corrected chi connectivity index (χ3v) is 3.34. The van der Waals surface area contributed by atoms with Crippen molar-refractivity contribution in [3.8, 4) is 5.75 Å². The number of carboxylic acids is 1. The van der Waals surface area contributed by atoms with Gasteiger partial charge in [-0.15, -0.1) is 0 Å². The SMILES string of the molecule is COC(=O)COc1ccc(C(C)=NNc2ccc(C(=O)O)cc2)cc1. The van der Waals surface area contributed by atoms with Crippen LogP contribution < -0.4 is 10.2 Å². The third-order valence-electron chi connectivity index (χ3n) is 3.34. The highest BCUT2D eigenvalue weighted by atomic mass is 16.6. The number of benzene rings is 2. The number of esters is 1. The van der Waals surface area contributed by atoms with Crippen molar-refractivity contribution in [2.75, 3.05) is 19.1 Å². The van der Waals surface area contributed by atoms with Crippen LogP contribution in [-0.4, -0.2) is 36.5 Å². The molecule has 7 heteroatoms. The molecule has 0 amide bonds. The molecule has 0 bridgehead atoms. The first-order valence-corrected chi connectivity index (χ1v) is 7.43. The first kappa shape index (κ1) is 18.0. The van der Waals surface area contributed by atoms with Gasteiger partial charge in [0.05, 0.1) is 24.1 Å². The lowest BCUT2D eigenvalue weighted by atomic mass is 10.1. The first-order chi connectivity index (χ1) is 12.0. The summed E-state index contributed by atoms with van der Waals surface area (Å²) in [6.07, 6.45) is 0. The Balaban J connectivity index is 1.97. The summed E-state index contributed by atoms with van der Waals surface area (Å²) in [7, 11) is 1.30. The van der Waals surface area contributed by atoms with Gasteiger partial charge in [-0.25, -0.2) is 9.59 Å². The minimum Gasteiger partial charge on any atom is -0.482 e. The lowest BCUT2D eigenvalue weighted by Gasteiger charge is -2.07. The Labute approximate surface area is 144 Å². The fourth-order valence-electron chi connectivity index (χ4n) is 1.89. The minimum absolute atomic E-state index is 0.142. The maximum Gasteiger partial charge on any atom is 0.343 e. The Kier molecular flexibility index (Phi) is 6.11. The van der Waals surface area contributed by atoms with Gasteiger partial charge in [-0.1, -0.05) is 0 Å². The van der Waals surface area contributed by atoms with Gasteiger partial charge in [0.15, 0.2) is 6.61 Å². The Hall–Kier alpha value is -3.35. The molecule has 2 aromatic rings. The number of rotatable bonds is 7. The van der Waals surface area contributed by atoms with E-state index < -0.39 is 11.9 Å². The minimum atomic E-state index is -0.972. The fraction of sp³-hybridized carbons (Fsp3) is 0.167. The number of nitrogens with zero attached hydrogens (tertiary/aromatic N) is 1. The number of nitrogens with one attached hydrogen (secondary N) is 1. The number of anilines is 1. The molecule has 7 nitrogen and oxygen atoms in total. The molecule has 0 heterocycles. The number of hydrazone groups is 1. The summed E-state index contributed by atoms with van der Waals surface area (Å²) in [5, 5.41) is 13.1. The summed E-state index contributed by atoms with van der Waals surface area (Å²) in [5.41, 5.74) is 5.39. The Morgan fingerprint density at radius 2 is 1.64 bits per heavy atom. The lowest BCUT2D eigenvalue weighted by Crippen LogP contribution is -2.12. The van der Waals surface area contributed by atoms with Crippen molar-refractivity contribution in [3.05, 3.63) is 59.7 Å². The molecule has 130 valence electrons. The van der Waals surface area contributed by atoms with Gasteiger partial charge in [-0.05, 0) is 61.0 Å². The van der Waals surface area contributed by atoms with E-state index in [9.17, 15) is 9.59 Å². The molecule has 0 saturated carbocycles. The van der Waals surface area contributed by atoms with Crippen molar-refractivity contribution in [3.63, 3.8) is 0 Å². The second kappa shape index (κ2) is 8.49. The predicted octanol–water partition coefficient (Wildman–Crippen LogP) is 2.77. The van der Waals surface area contributed by atoms with Crippen LogP contribution in [0.25, 0.3) is 0 Å². The molecule has 0 fully saturated rings. The van der Waals surface area contributed by atoms with Gasteiger partial charge in [0, 0.05) is 0 Å². The Morgan fingerprint density at radius 3 is 2.20 bits per heavy atom. The van der Waals surface area contributed by atoms with E-state index in [-0.39, 0.29) is 12.2 Å². The van der Waals surface area contributed by atoms with Crippen molar-refractivity contribution in [1.82, 2.24) is 0 Å². The quantitative estimate of drug-likeness (QED) is 0.456. The van der Waals surface area contributed by atoms with Crippen LogP contribution in [0.5, 0.6) is 5.75 Å². The molecule has 0 spiro atoms. The van der Waals surface area contributed by atoms with Crippen LogP contribution in [0.2, 0.25) is 0 Å². The number of carbonyl (C=O) groups excluding carboxylic acids is 1. The molecule has 2 aromatic carbocycles. The fourth-order valence-corrected chi connectivity index (χ4v) is 1.89. The van der Waals surface area contributed by atoms with E-state index >= 15 is 0 Å². The molecule has 0 aliphatic heterocycles. The zero-order valence-corrected chi connectivity index (χ0v) is 13.9. The monoisotopic (exact) mass is 342 g/mol. The van der Waals surface area contributed by atoms with Crippen LogP contribution in [0.1, 0.15) is 22.8 Å². The zero-order chi connectivity index (χ0) is 18.2. The van der Waals surface area contributed by atoms with E-state index in [2.05, 4.69) is 15.3 Å². The normalized spacial score (nSPS) is 10.9. The first-order valence-electron chi connectivity index (χ1n) is 7.43. The highest BCUT2D eigenvalue weighted by Gasteiger charge is 2.04. The summed E-state index contributed by atoms with van der Waals surface area (Å²) in [6.45, 7) is 1.69. The topological polar surface area (TPSA) is 97.2 Å². The largest absolute Gasteiger partial charge is 0.482 e. The van der Waals surface area contributed by atoms with Crippen molar-refractivity contribution in [2.45, 2.75) is 6.92 Å². The summed E-state index contributed by atoms with van der Waals surface area (Å²) in [6, 6.07) is 13.4. The van der Waals surface area contributed by atoms with Gasteiger partial charge in [-0.2, -0.15) is 5.10 Å². The summed E-state index contributed by atoms with van der Waals surface area (Å²) < 4.78 is 9.78. The molecule has 25 heavy (non-hydrogen) atoms. The average Bonchev–Trinajstić information content (AvgIpc) is 2.64. The standard InChI is InChI=1S/C18H18N2O5/c1-12(19-20-15-7-3-14(4-8-15)18(22)23)13-5-9-16(10-6-13)25-11-17(21)24-2/h3-10,20H,11H2,1-2H3,(H,22,23). The van der Waals surface area contributed by atoms with Crippen molar-refractivity contribution in [1.29, 1.82) is 0 Å². The number of hydrogen-bond acceptors (Lipinski definition) is 6. The number of hydrogen-bond donors (Lipinski definition) is 2. The zero-order valence-electron chi connectivity index (χ0n) is 13.9. The highest BCUT2D eigenvalue weighted by molar-refractivity contribution is 5.99. The number of carbonyl (C=O) groups is 2. The highest BCUT2D eigenvalue weighted by Crippen LogP contribution is 2.14. The molecule has 0 unspecified atom stereocenters. The Bertz CT molecular complexity index is 767. The van der Waals surface area contributed by atoms with Crippen LogP contribution >= 0.6 is 0 Å². The van der Waals surface area contributed by atoms with Crippen LogP contribution in [0.15, 0.2) is 53.6 Å². The van der Waals surface area contributed by atoms with Crippen LogP contribution in [0, 0.1) is 0 Å². The molecule has 0 aromatic heterocycles. The smallest absolute Gasteiger partial charge is 0.343 e. The van der Waals surface area contributed by atoms with Crippen molar-refractivity contribution < 1.29 is 24.2 Å². The molecular weight excluding hydrogens is 324 g/mol. The van der Waals surface area contributed by atoms with Gasteiger partial charge in [0.1, 0.15) is 5.75 Å². The van der Waals surface area contributed by atoms with Crippen molar-refractivity contribution >= 4 is 23.3 Å². The molecule has 0 saturated heterocycles. The second-order valence-corrected chi connectivity index (χ2v) is 5.08. The summed E-state index contributed by atoms with van der Waals surface area (Å²) in [5.74, 6) is -0.861.